The van der Waals surface area contributed by atoms with Crippen molar-refractivity contribution in [3.63, 3.8) is 0 Å². The van der Waals surface area contributed by atoms with Gasteiger partial charge < -0.3 is 19.9 Å². The first-order valence-corrected chi connectivity index (χ1v) is 7.36. The van der Waals surface area contributed by atoms with Crippen LogP contribution in [-0.2, 0) is 9.47 Å². The smallest absolute Gasteiger partial charge is 0.0830 e. The zero-order chi connectivity index (χ0) is 12.8. The minimum absolute atomic E-state index is 0.0513. The normalized spacial score (nSPS) is 36.3. The van der Waals surface area contributed by atoms with Crippen molar-refractivity contribution < 1.29 is 14.6 Å². The lowest BCUT2D eigenvalue weighted by molar-refractivity contribution is 0.0247. The quantitative estimate of drug-likeness (QED) is 0.722. The van der Waals surface area contributed by atoms with E-state index < -0.39 is 0 Å². The average Bonchev–Trinajstić information content (AvgIpc) is 3.01. The monoisotopic (exact) mass is 257 g/mol. The summed E-state index contributed by atoms with van der Waals surface area (Å²) in [6.45, 7) is 5.67. The summed E-state index contributed by atoms with van der Waals surface area (Å²) in [7, 11) is 0. The fourth-order valence-electron chi connectivity index (χ4n) is 3.44. The van der Waals surface area contributed by atoms with E-state index in [1.807, 2.05) is 0 Å². The molecular weight excluding hydrogens is 230 g/mol. The SMILES string of the molecule is CCNC1(CO)CCCC1CCOC1CCOC1. The van der Waals surface area contributed by atoms with Gasteiger partial charge in [-0.15, -0.1) is 0 Å². The van der Waals surface area contributed by atoms with E-state index in [0.29, 0.717) is 12.0 Å². The van der Waals surface area contributed by atoms with Crippen molar-refractivity contribution in [1.29, 1.82) is 0 Å². The molecule has 0 radical (unpaired) electrons. The Morgan fingerprint density at radius 1 is 1.44 bits per heavy atom. The molecular formula is C14H27NO3. The van der Waals surface area contributed by atoms with Gasteiger partial charge in [0.15, 0.2) is 0 Å². The average molecular weight is 257 g/mol. The first-order chi connectivity index (χ1) is 8.80. The third-order valence-corrected chi connectivity index (χ3v) is 4.48. The Balaban J connectivity index is 1.76. The number of likely N-dealkylation sites (N-methyl/N-ethyl adjacent to an activating group) is 1. The molecule has 2 aliphatic rings. The van der Waals surface area contributed by atoms with Crippen molar-refractivity contribution in [1.82, 2.24) is 5.32 Å². The second kappa shape index (κ2) is 6.85. The topological polar surface area (TPSA) is 50.7 Å². The van der Waals surface area contributed by atoms with E-state index in [0.717, 1.165) is 45.6 Å². The molecule has 0 aromatic rings. The van der Waals surface area contributed by atoms with Crippen molar-refractivity contribution in [3.8, 4) is 0 Å². The molecule has 106 valence electrons. The highest BCUT2D eigenvalue weighted by Gasteiger charge is 2.41. The van der Waals surface area contributed by atoms with Gasteiger partial charge in [-0.2, -0.15) is 0 Å². The van der Waals surface area contributed by atoms with Crippen LogP contribution in [-0.4, -0.2) is 49.7 Å². The van der Waals surface area contributed by atoms with Crippen LogP contribution in [0.5, 0.6) is 0 Å². The standard InChI is InChI=1S/C14H27NO3/c1-2-15-14(11-16)7-3-4-12(14)5-9-18-13-6-8-17-10-13/h12-13,15-16H,2-11H2,1H3. The molecule has 0 amide bonds. The number of ether oxygens (including phenoxy) is 2. The van der Waals surface area contributed by atoms with E-state index in [9.17, 15) is 5.11 Å². The van der Waals surface area contributed by atoms with E-state index >= 15 is 0 Å². The highest BCUT2D eigenvalue weighted by molar-refractivity contribution is 4.98. The Bertz CT molecular complexity index is 243. The fourth-order valence-corrected chi connectivity index (χ4v) is 3.44. The minimum atomic E-state index is -0.0513. The van der Waals surface area contributed by atoms with E-state index in [1.54, 1.807) is 0 Å². The molecule has 1 saturated heterocycles. The highest BCUT2D eigenvalue weighted by atomic mass is 16.5. The van der Waals surface area contributed by atoms with Gasteiger partial charge in [0.25, 0.3) is 0 Å². The second-order valence-electron chi connectivity index (χ2n) is 5.58. The molecule has 1 saturated carbocycles. The molecule has 1 aliphatic heterocycles. The summed E-state index contributed by atoms with van der Waals surface area (Å²) in [6.07, 6.45) is 5.89. The molecule has 18 heavy (non-hydrogen) atoms. The number of nitrogens with one attached hydrogen (secondary N) is 1. The van der Waals surface area contributed by atoms with Gasteiger partial charge >= 0.3 is 0 Å². The Morgan fingerprint density at radius 3 is 3.00 bits per heavy atom. The van der Waals surface area contributed by atoms with Crippen LogP contribution >= 0.6 is 0 Å². The number of hydrogen-bond donors (Lipinski definition) is 2. The molecule has 1 heterocycles. The summed E-state index contributed by atoms with van der Waals surface area (Å²) in [6, 6.07) is 0. The molecule has 4 nitrogen and oxygen atoms in total. The fraction of sp³-hybridized carbons (Fsp3) is 1.00. The Kier molecular flexibility index (Phi) is 5.42. The number of aliphatic hydroxyl groups excluding tert-OH is 1. The van der Waals surface area contributed by atoms with Crippen LogP contribution in [0.2, 0.25) is 0 Å². The Hall–Kier alpha value is -0.160. The lowest BCUT2D eigenvalue weighted by Gasteiger charge is -2.35. The molecule has 2 fully saturated rings. The molecule has 1 aliphatic carbocycles. The molecule has 0 aromatic carbocycles. The van der Waals surface area contributed by atoms with E-state index in [-0.39, 0.29) is 12.1 Å². The van der Waals surface area contributed by atoms with Crippen molar-refractivity contribution >= 4 is 0 Å². The number of rotatable bonds is 7. The number of aliphatic hydroxyl groups is 1. The number of hydrogen-bond acceptors (Lipinski definition) is 4. The van der Waals surface area contributed by atoms with E-state index in [4.69, 9.17) is 9.47 Å². The lowest BCUT2D eigenvalue weighted by Crippen LogP contribution is -2.51. The van der Waals surface area contributed by atoms with Crippen LogP contribution in [0.4, 0.5) is 0 Å². The summed E-state index contributed by atoms with van der Waals surface area (Å²) < 4.78 is 11.1. The predicted octanol–water partition coefficient (Wildman–Crippen LogP) is 1.32. The van der Waals surface area contributed by atoms with Gasteiger partial charge in [-0.1, -0.05) is 13.3 Å². The largest absolute Gasteiger partial charge is 0.394 e. The molecule has 3 unspecified atom stereocenters. The van der Waals surface area contributed by atoms with Crippen LogP contribution in [0.15, 0.2) is 0 Å². The summed E-state index contributed by atoms with van der Waals surface area (Å²) >= 11 is 0. The Labute approximate surface area is 110 Å². The molecule has 2 N–H and O–H groups in total. The molecule has 4 heteroatoms. The summed E-state index contributed by atoms with van der Waals surface area (Å²) in [5.74, 6) is 0.546. The van der Waals surface area contributed by atoms with Crippen molar-refractivity contribution in [2.75, 3.05) is 33.0 Å². The zero-order valence-electron chi connectivity index (χ0n) is 11.5. The van der Waals surface area contributed by atoms with Crippen LogP contribution in [0, 0.1) is 5.92 Å². The third kappa shape index (κ3) is 3.23. The van der Waals surface area contributed by atoms with Gasteiger partial charge in [0, 0.05) is 18.8 Å². The Morgan fingerprint density at radius 2 is 2.33 bits per heavy atom. The molecule has 0 aromatic heterocycles. The van der Waals surface area contributed by atoms with Gasteiger partial charge in [0.2, 0.25) is 0 Å². The van der Waals surface area contributed by atoms with Crippen LogP contribution in [0.25, 0.3) is 0 Å². The van der Waals surface area contributed by atoms with Gasteiger partial charge in [-0.05, 0) is 38.1 Å². The van der Waals surface area contributed by atoms with Crippen LogP contribution in [0.3, 0.4) is 0 Å². The maximum Gasteiger partial charge on any atom is 0.0830 e. The predicted molar refractivity (Wildman–Crippen MR) is 70.6 cm³/mol. The van der Waals surface area contributed by atoms with Gasteiger partial charge in [0.1, 0.15) is 0 Å². The maximum absolute atomic E-state index is 9.71. The van der Waals surface area contributed by atoms with E-state index in [1.165, 1.54) is 12.8 Å². The minimum Gasteiger partial charge on any atom is -0.394 e. The highest BCUT2D eigenvalue weighted by Crippen LogP contribution is 2.37. The van der Waals surface area contributed by atoms with Gasteiger partial charge in [-0.3, -0.25) is 0 Å². The molecule has 0 bridgehead atoms. The van der Waals surface area contributed by atoms with Crippen molar-refractivity contribution in [2.45, 2.75) is 50.7 Å². The zero-order valence-corrected chi connectivity index (χ0v) is 11.5. The first kappa shape index (κ1) is 14.3. The van der Waals surface area contributed by atoms with Crippen molar-refractivity contribution in [2.24, 2.45) is 5.92 Å². The van der Waals surface area contributed by atoms with Crippen molar-refractivity contribution in [3.05, 3.63) is 0 Å². The van der Waals surface area contributed by atoms with Gasteiger partial charge in [0.05, 0.1) is 19.3 Å². The van der Waals surface area contributed by atoms with Crippen LogP contribution in [0.1, 0.15) is 39.0 Å². The molecule has 0 spiro atoms. The second-order valence-corrected chi connectivity index (χ2v) is 5.58. The summed E-state index contributed by atoms with van der Waals surface area (Å²) in [5.41, 5.74) is -0.0513. The van der Waals surface area contributed by atoms with Crippen LogP contribution < -0.4 is 5.32 Å². The summed E-state index contributed by atoms with van der Waals surface area (Å²) in [4.78, 5) is 0. The third-order valence-electron chi connectivity index (χ3n) is 4.48. The molecule has 2 rings (SSSR count). The molecule has 3 atom stereocenters. The van der Waals surface area contributed by atoms with E-state index in [2.05, 4.69) is 12.2 Å². The lowest BCUT2D eigenvalue weighted by atomic mass is 9.85. The van der Waals surface area contributed by atoms with Gasteiger partial charge in [-0.25, -0.2) is 0 Å². The first-order valence-electron chi connectivity index (χ1n) is 7.36. The summed E-state index contributed by atoms with van der Waals surface area (Å²) in [5, 5.41) is 13.2. The maximum atomic E-state index is 9.71.